The molecule has 9 heavy (non-hydrogen) atoms. The Labute approximate surface area is 86.5 Å². The fourth-order valence-corrected chi connectivity index (χ4v) is 0.283. The van der Waals surface area contributed by atoms with Gasteiger partial charge in [0.1, 0.15) is 0 Å². The third-order valence-corrected chi connectivity index (χ3v) is 0.572. The minimum absolute atomic E-state index is 0. The number of nitrogens with zero attached hydrogens (tertiary/aromatic N) is 1. The lowest BCUT2D eigenvalue weighted by molar-refractivity contribution is -0.894. The fraction of sp³-hybridized carbons (Fsp3) is 1.00. The van der Waals surface area contributed by atoms with Gasteiger partial charge in [0.15, 0.2) is 0 Å². The smallest absolute Gasteiger partial charge is 0.0924 e. The van der Waals surface area contributed by atoms with Gasteiger partial charge in [0.25, 0.3) is 0 Å². The molecule has 0 saturated carbocycles. The fourth-order valence-electron chi connectivity index (χ4n) is 0.283. The minimum atomic E-state index is -4.16. The van der Waals surface area contributed by atoms with Crippen molar-refractivity contribution in [2.45, 2.75) is 19.1 Å². The van der Waals surface area contributed by atoms with Crippen LogP contribution in [-0.4, -0.2) is 31.4 Å². The molecule has 0 spiro atoms. The molecule has 1 nitrogen and oxygen atoms in total. The minimum Gasteiger partial charge on any atom is -1.00 e. The van der Waals surface area contributed by atoms with Crippen LogP contribution in [0.1, 0.15) is 41.1 Å². The van der Waals surface area contributed by atoms with Crippen LogP contribution in [0.5, 0.6) is 0 Å². The lowest BCUT2D eigenvalue weighted by Gasteiger charge is -2.33. The summed E-state index contributed by atoms with van der Waals surface area (Å²) >= 11 is 0. The largest absolute Gasteiger partial charge is 1.00 e. The summed E-state index contributed by atoms with van der Waals surface area (Å²) < 4.78 is 119. The van der Waals surface area contributed by atoms with E-state index >= 15 is 0 Å². The van der Waals surface area contributed by atoms with Crippen molar-refractivity contribution in [2.24, 2.45) is 0 Å². The van der Waals surface area contributed by atoms with Gasteiger partial charge in [-0.3, -0.25) is 0 Å². The second-order valence-electron chi connectivity index (χ2n) is 1.27. The molecular weight excluding hydrogens is 134 g/mol. The quantitative estimate of drug-likeness (QED) is 0.374. The van der Waals surface area contributed by atoms with E-state index in [2.05, 4.69) is 0 Å². The summed E-state index contributed by atoms with van der Waals surface area (Å²) in [7, 11) is 0. The van der Waals surface area contributed by atoms with E-state index in [1.54, 1.807) is 0 Å². The molecule has 1 aliphatic heterocycles. The molecule has 0 bridgehead atoms. The number of piperidine rings is 1. The predicted octanol–water partition coefficient (Wildman–Crippen LogP) is -1.75. The van der Waals surface area contributed by atoms with Crippen molar-refractivity contribution in [1.82, 2.24) is 0 Å². The van der Waals surface area contributed by atoms with Gasteiger partial charge in [-0.15, -0.1) is 0 Å². The number of hydrogen-bond acceptors (Lipinski definition) is 0. The van der Waals surface area contributed by atoms with Crippen LogP contribution in [0.3, 0.4) is 0 Å². The Morgan fingerprint density at radius 3 is 2.22 bits per heavy atom. The highest BCUT2D eigenvalue weighted by atomic mass is 35.5. The van der Waals surface area contributed by atoms with Crippen LogP contribution in [0.25, 0.3) is 0 Å². The van der Waals surface area contributed by atoms with E-state index in [9.17, 15) is 0 Å². The van der Waals surface area contributed by atoms with Gasteiger partial charge >= 0.3 is 0 Å². The Morgan fingerprint density at radius 2 is 1.78 bits per heavy atom. The SMILES string of the molecule is [2H]C1([2H])C([2H])([2H])C([2H])([2H])[N+](C([2H])([2H])[2H])(C([2H])([2H])[2H])C([2H])([2H])C1([2H])[2H].[Cl-]. The van der Waals surface area contributed by atoms with E-state index in [4.69, 9.17) is 21.9 Å². The molecule has 1 saturated heterocycles. The number of likely N-dealkylation sites (tertiary alicyclic amines) is 1. The molecule has 1 fully saturated rings. The van der Waals surface area contributed by atoms with Gasteiger partial charge in [-0.05, 0) is 19.1 Å². The Hall–Kier alpha value is 0.250. The molecular formula is C7H16ClN. The molecule has 0 aromatic heterocycles. The average Bonchev–Trinajstić information content (AvgIpc) is 2.21. The van der Waals surface area contributed by atoms with E-state index in [-0.39, 0.29) is 12.4 Å². The highest BCUT2D eigenvalue weighted by molar-refractivity contribution is 4.47. The van der Waals surface area contributed by atoms with Crippen LogP contribution in [-0.2, 0) is 0 Å². The highest BCUT2D eigenvalue weighted by Gasteiger charge is 2.17. The van der Waals surface area contributed by atoms with Gasteiger partial charge in [0, 0.05) is 8.22 Å². The maximum absolute atomic E-state index is 7.83. The highest BCUT2D eigenvalue weighted by Crippen LogP contribution is 2.11. The Kier molecular flexibility index (Phi) is 0.408. The average molecular weight is 166 g/mol. The zero-order valence-corrected chi connectivity index (χ0v) is 5.08. The molecule has 0 N–H and O–H groups in total. The topological polar surface area (TPSA) is 0 Å². The zero-order valence-electron chi connectivity index (χ0n) is 20.3. The first-order valence-electron chi connectivity index (χ1n) is 9.89. The maximum Gasteiger partial charge on any atom is 0.0924 e. The van der Waals surface area contributed by atoms with E-state index in [0.29, 0.717) is 0 Å². The third kappa shape index (κ3) is 3.07. The monoisotopic (exact) mass is 165 g/mol. The van der Waals surface area contributed by atoms with Gasteiger partial charge in [0.2, 0.25) is 0 Å². The van der Waals surface area contributed by atoms with Crippen molar-refractivity contribution < 1.29 is 38.8 Å². The van der Waals surface area contributed by atoms with Gasteiger partial charge < -0.3 is 16.9 Å². The molecule has 0 aliphatic carbocycles. The molecule has 0 aromatic rings. The number of hydrogen-bond donors (Lipinski definition) is 0. The normalized spacial score (nSPS) is 81.8. The molecule has 56 valence electrons. The van der Waals surface area contributed by atoms with E-state index in [1.165, 1.54) is 0 Å². The molecule has 0 unspecified atom stereocenters. The summed E-state index contributed by atoms with van der Waals surface area (Å²) in [6.07, 6.45) is -11.8. The van der Waals surface area contributed by atoms with Crippen LogP contribution >= 0.6 is 0 Å². The first-order valence-corrected chi connectivity index (χ1v) is 1.89. The van der Waals surface area contributed by atoms with Crippen molar-refractivity contribution in [3.8, 4) is 0 Å². The molecule has 0 aromatic carbocycles. The molecule has 1 aliphatic rings. The molecule has 0 amide bonds. The summed E-state index contributed by atoms with van der Waals surface area (Å²) in [6, 6.07) is 0. The lowest BCUT2D eigenvalue weighted by Crippen LogP contribution is -3.00. The van der Waals surface area contributed by atoms with E-state index < -0.39 is 50.5 Å². The Morgan fingerprint density at radius 1 is 1.22 bits per heavy atom. The molecule has 1 rings (SSSR count). The van der Waals surface area contributed by atoms with Crippen LogP contribution in [0, 0.1) is 0 Å². The summed E-state index contributed by atoms with van der Waals surface area (Å²) in [5.74, 6) is 0. The van der Waals surface area contributed by atoms with Crippen LogP contribution in [0.4, 0.5) is 0 Å². The van der Waals surface area contributed by atoms with Crippen LogP contribution < -0.4 is 12.4 Å². The Balaban J connectivity index is 0.00000576. The predicted molar refractivity (Wildman–Crippen MR) is 35.7 cm³/mol. The summed E-state index contributed by atoms with van der Waals surface area (Å²) in [5, 5.41) is 0. The third-order valence-electron chi connectivity index (χ3n) is 0.572. The standard InChI is InChI=1S/C7H16N.ClH/c1-8(2)6-4-3-5-7-8;/h3-7H2,1-2H3;1H/q+1;/p-1/i1D3,2D3,3D2,4D2,5D2,6D2,7D2;. The van der Waals surface area contributed by atoms with E-state index in [1.807, 2.05) is 0 Å². The molecule has 0 atom stereocenters. The molecule has 2 heteroatoms. The van der Waals surface area contributed by atoms with Gasteiger partial charge in [-0.1, -0.05) is 0 Å². The van der Waals surface area contributed by atoms with Gasteiger partial charge in [0.05, 0.1) is 40.7 Å². The molecule has 0 radical (unpaired) electrons. The Bertz CT molecular complexity index is 482. The van der Waals surface area contributed by atoms with Crippen LogP contribution in [0.15, 0.2) is 0 Å². The number of quaternary nitrogens is 1. The number of rotatable bonds is 0. The van der Waals surface area contributed by atoms with Gasteiger partial charge in [-0.25, -0.2) is 0 Å². The first-order chi connectivity index (χ1) is 10.0. The molecule has 1 heterocycles. The van der Waals surface area contributed by atoms with Crippen molar-refractivity contribution in [2.75, 3.05) is 26.9 Å². The van der Waals surface area contributed by atoms with Crippen molar-refractivity contribution in [1.29, 1.82) is 0 Å². The van der Waals surface area contributed by atoms with Gasteiger partial charge in [-0.2, -0.15) is 0 Å². The zero-order chi connectivity index (χ0) is 20.0. The summed E-state index contributed by atoms with van der Waals surface area (Å²) in [4.78, 5) is 0. The van der Waals surface area contributed by atoms with Crippen molar-refractivity contribution in [3.05, 3.63) is 0 Å². The second-order valence-corrected chi connectivity index (χ2v) is 1.27. The second kappa shape index (κ2) is 3.43. The first kappa shape index (κ1) is 1.07. The van der Waals surface area contributed by atoms with Crippen molar-refractivity contribution >= 4 is 0 Å². The lowest BCUT2D eigenvalue weighted by atomic mass is 10.1. The summed E-state index contributed by atoms with van der Waals surface area (Å²) in [5.41, 5.74) is 0. The summed E-state index contributed by atoms with van der Waals surface area (Å²) in [6.45, 7) is -16.5. The van der Waals surface area contributed by atoms with E-state index in [0.717, 1.165) is 0 Å². The van der Waals surface area contributed by atoms with Crippen LogP contribution in [0.2, 0.25) is 0 Å². The maximum atomic E-state index is 7.83. The van der Waals surface area contributed by atoms with Crippen molar-refractivity contribution in [3.63, 3.8) is 0 Å². The number of halogens is 1.